The van der Waals surface area contributed by atoms with E-state index in [4.69, 9.17) is 16.0 Å². The zero-order chi connectivity index (χ0) is 16.9. The molecular weight excluding hydrogens is 326 g/mol. The summed E-state index contributed by atoms with van der Waals surface area (Å²) in [7, 11) is 0. The molecule has 2 atom stereocenters. The van der Waals surface area contributed by atoms with Crippen molar-refractivity contribution in [2.45, 2.75) is 44.7 Å². The predicted molar refractivity (Wildman–Crippen MR) is 93.9 cm³/mol. The van der Waals surface area contributed by atoms with Gasteiger partial charge in [0.2, 0.25) is 5.91 Å². The lowest BCUT2D eigenvalue weighted by Crippen LogP contribution is -2.51. The SMILES string of the molecule is CC1NCCCC1NC(=O)CCc1ncc(-c2ccc(Cl)cc2)o1. The lowest BCUT2D eigenvalue weighted by atomic mass is 10.00. The number of nitrogens with one attached hydrogen (secondary N) is 2. The number of hydrogen-bond donors (Lipinski definition) is 2. The number of rotatable bonds is 5. The summed E-state index contributed by atoms with van der Waals surface area (Å²) >= 11 is 5.88. The molecule has 2 unspecified atom stereocenters. The molecule has 1 aliphatic heterocycles. The lowest BCUT2D eigenvalue weighted by molar-refractivity contribution is -0.122. The highest BCUT2D eigenvalue weighted by molar-refractivity contribution is 6.30. The molecule has 2 aromatic rings. The Morgan fingerprint density at radius 1 is 1.42 bits per heavy atom. The molecule has 2 N–H and O–H groups in total. The number of amides is 1. The smallest absolute Gasteiger partial charge is 0.220 e. The highest BCUT2D eigenvalue weighted by Gasteiger charge is 2.22. The van der Waals surface area contributed by atoms with E-state index >= 15 is 0 Å². The van der Waals surface area contributed by atoms with Crippen molar-refractivity contribution < 1.29 is 9.21 Å². The van der Waals surface area contributed by atoms with Crippen LogP contribution in [0.25, 0.3) is 11.3 Å². The third-order valence-electron chi connectivity index (χ3n) is 4.36. The van der Waals surface area contributed by atoms with Crippen LogP contribution in [0.4, 0.5) is 0 Å². The third-order valence-corrected chi connectivity index (χ3v) is 4.61. The third kappa shape index (κ3) is 4.36. The molecular formula is C18H22ClN3O2. The van der Waals surface area contributed by atoms with E-state index in [1.165, 1.54) is 0 Å². The molecule has 1 amide bonds. The van der Waals surface area contributed by atoms with Crippen LogP contribution < -0.4 is 10.6 Å². The molecule has 1 aliphatic rings. The number of carbonyl (C=O) groups excluding carboxylic acids is 1. The fourth-order valence-electron chi connectivity index (χ4n) is 2.91. The van der Waals surface area contributed by atoms with Crippen molar-refractivity contribution in [1.29, 1.82) is 0 Å². The summed E-state index contributed by atoms with van der Waals surface area (Å²) in [6.45, 7) is 3.13. The highest BCUT2D eigenvalue weighted by atomic mass is 35.5. The minimum absolute atomic E-state index is 0.0433. The quantitative estimate of drug-likeness (QED) is 0.871. The van der Waals surface area contributed by atoms with E-state index in [1.54, 1.807) is 6.20 Å². The first-order chi connectivity index (χ1) is 11.6. The van der Waals surface area contributed by atoms with Crippen molar-refractivity contribution in [3.63, 3.8) is 0 Å². The minimum Gasteiger partial charge on any atom is -0.441 e. The molecule has 3 rings (SSSR count). The van der Waals surface area contributed by atoms with Gasteiger partial charge in [-0.15, -0.1) is 0 Å². The number of oxazole rings is 1. The largest absolute Gasteiger partial charge is 0.441 e. The average Bonchev–Trinajstić information content (AvgIpc) is 3.05. The normalized spacial score (nSPS) is 20.8. The Balaban J connectivity index is 1.51. The predicted octanol–water partition coefficient (Wildman–Crippen LogP) is 3.18. The van der Waals surface area contributed by atoms with Crippen LogP contribution in [0.3, 0.4) is 0 Å². The maximum Gasteiger partial charge on any atom is 0.220 e. The summed E-state index contributed by atoms with van der Waals surface area (Å²) in [5.74, 6) is 1.30. The first-order valence-corrected chi connectivity index (χ1v) is 8.73. The van der Waals surface area contributed by atoms with E-state index in [9.17, 15) is 4.79 Å². The molecule has 1 aromatic carbocycles. The van der Waals surface area contributed by atoms with Crippen molar-refractivity contribution in [1.82, 2.24) is 15.6 Å². The Morgan fingerprint density at radius 3 is 2.96 bits per heavy atom. The van der Waals surface area contributed by atoms with Gasteiger partial charge in [-0.1, -0.05) is 11.6 Å². The standard InChI is InChI=1S/C18H22ClN3O2/c1-12-15(3-2-10-20-12)22-17(23)8-9-18-21-11-16(24-18)13-4-6-14(19)7-5-13/h4-7,11-12,15,20H,2-3,8-10H2,1H3,(H,22,23). The van der Waals surface area contributed by atoms with Crippen LogP contribution in [0.5, 0.6) is 0 Å². The number of piperidine rings is 1. The molecule has 2 heterocycles. The second-order valence-electron chi connectivity index (χ2n) is 6.18. The molecule has 0 saturated carbocycles. The molecule has 128 valence electrons. The first kappa shape index (κ1) is 17.0. The monoisotopic (exact) mass is 347 g/mol. The maximum absolute atomic E-state index is 12.1. The van der Waals surface area contributed by atoms with Crippen molar-refractivity contribution in [2.75, 3.05) is 6.54 Å². The molecule has 0 bridgehead atoms. The Hall–Kier alpha value is -1.85. The van der Waals surface area contributed by atoms with Crippen LogP contribution in [-0.4, -0.2) is 29.5 Å². The van der Waals surface area contributed by atoms with Gasteiger partial charge in [0, 0.05) is 35.5 Å². The van der Waals surface area contributed by atoms with E-state index in [0.29, 0.717) is 35.6 Å². The molecule has 1 fully saturated rings. The minimum atomic E-state index is 0.0433. The topological polar surface area (TPSA) is 67.2 Å². The molecule has 1 aromatic heterocycles. The molecule has 0 aliphatic carbocycles. The van der Waals surface area contributed by atoms with Gasteiger partial charge in [0.1, 0.15) is 0 Å². The second kappa shape index (κ2) is 7.81. The van der Waals surface area contributed by atoms with Gasteiger partial charge in [-0.2, -0.15) is 0 Å². The fraction of sp³-hybridized carbons (Fsp3) is 0.444. The number of nitrogens with zero attached hydrogens (tertiary/aromatic N) is 1. The van der Waals surface area contributed by atoms with Crippen molar-refractivity contribution in [3.05, 3.63) is 41.4 Å². The molecule has 24 heavy (non-hydrogen) atoms. The van der Waals surface area contributed by atoms with Crippen LogP contribution in [0, 0.1) is 0 Å². The summed E-state index contributed by atoms with van der Waals surface area (Å²) in [5, 5.41) is 7.16. The van der Waals surface area contributed by atoms with Gasteiger partial charge < -0.3 is 15.1 Å². The van der Waals surface area contributed by atoms with Gasteiger partial charge in [-0.25, -0.2) is 4.98 Å². The Kier molecular flexibility index (Phi) is 5.53. The van der Waals surface area contributed by atoms with E-state index in [1.807, 2.05) is 24.3 Å². The zero-order valence-corrected chi connectivity index (χ0v) is 14.5. The number of halogens is 1. The highest BCUT2D eigenvalue weighted by Crippen LogP contribution is 2.22. The van der Waals surface area contributed by atoms with Crippen molar-refractivity contribution in [2.24, 2.45) is 0 Å². The summed E-state index contributed by atoms with van der Waals surface area (Å²) in [6.07, 6.45) is 4.68. The summed E-state index contributed by atoms with van der Waals surface area (Å²) in [6, 6.07) is 7.92. The number of hydrogen-bond acceptors (Lipinski definition) is 4. The van der Waals surface area contributed by atoms with Gasteiger partial charge in [-0.3, -0.25) is 4.79 Å². The van der Waals surface area contributed by atoms with Gasteiger partial charge in [-0.05, 0) is 50.6 Å². The van der Waals surface area contributed by atoms with E-state index in [-0.39, 0.29) is 11.9 Å². The number of benzene rings is 1. The van der Waals surface area contributed by atoms with Gasteiger partial charge in [0.25, 0.3) is 0 Å². The van der Waals surface area contributed by atoms with E-state index in [0.717, 1.165) is 24.9 Å². The van der Waals surface area contributed by atoms with Crippen molar-refractivity contribution >= 4 is 17.5 Å². The molecule has 5 nitrogen and oxygen atoms in total. The van der Waals surface area contributed by atoms with Crippen LogP contribution in [0.2, 0.25) is 5.02 Å². The van der Waals surface area contributed by atoms with Gasteiger partial charge in [0.05, 0.1) is 6.20 Å². The van der Waals surface area contributed by atoms with Crippen molar-refractivity contribution in [3.8, 4) is 11.3 Å². The fourth-order valence-corrected chi connectivity index (χ4v) is 3.04. The number of aryl methyl sites for hydroxylation is 1. The lowest BCUT2D eigenvalue weighted by Gasteiger charge is -2.30. The van der Waals surface area contributed by atoms with Crippen LogP contribution >= 0.6 is 11.6 Å². The number of aromatic nitrogens is 1. The maximum atomic E-state index is 12.1. The summed E-state index contributed by atoms with van der Waals surface area (Å²) in [4.78, 5) is 16.4. The molecule has 1 saturated heterocycles. The van der Waals surface area contributed by atoms with Crippen LogP contribution in [-0.2, 0) is 11.2 Å². The first-order valence-electron chi connectivity index (χ1n) is 8.35. The second-order valence-corrected chi connectivity index (χ2v) is 6.62. The van der Waals surface area contributed by atoms with Crippen LogP contribution in [0.15, 0.2) is 34.9 Å². The summed E-state index contributed by atoms with van der Waals surface area (Å²) < 4.78 is 5.72. The van der Waals surface area contributed by atoms with E-state index < -0.39 is 0 Å². The Labute approximate surface area is 146 Å². The molecule has 0 spiro atoms. The Morgan fingerprint density at radius 2 is 2.21 bits per heavy atom. The van der Waals surface area contributed by atoms with Gasteiger partial charge >= 0.3 is 0 Å². The zero-order valence-electron chi connectivity index (χ0n) is 13.7. The van der Waals surface area contributed by atoms with Crippen LogP contribution in [0.1, 0.15) is 32.1 Å². The average molecular weight is 348 g/mol. The molecule has 6 heteroatoms. The molecule has 0 radical (unpaired) electrons. The van der Waals surface area contributed by atoms with E-state index in [2.05, 4.69) is 22.5 Å². The number of carbonyl (C=O) groups is 1. The Bertz CT molecular complexity index is 684. The summed E-state index contributed by atoms with van der Waals surface area (Å²) in [5.41, 5.74) is 0.921. The van der Waals surface area contributed by atoms with Gasteiger partial charge in [0.15, 0.2) is 11.7 Å².